The van der Waals surface area contributed by atoms with Gasteiger partial charge < -0.3 is 9.64 Å². The van der Waals surface area contributed by atoms with Crippen LogP contribution < -0.4 is 0 Å². The number of amides is 1. The molecule has 0 fully saturated rings. The quantitative estimate of drug-likeness (QED) is 0.681. The third-order valence-corrected chi connectivity index (χ3v) is 2.78. The van der Waals surface area contributed by atoms with Crippen molar-refractivity contribution in [3.8, 4) is 0 Å². The van der Waals surface area contributed by atoms with Crippen molar-refractivity contribution < 1.29 is 9.53 Å². The number of carbonyl (C=O) groups excluding carboxylic acids is 1. The van der Waals surface area contributed by atoms with Crippen molar-refractivity contribution in [2.45, 2.75) is 44.9 Å². The van der Waals surface area contributed by atoms with E-state index in [4.69, 9.17) is 4.74 Å². The maximum absolute atomic E-state index is 11.9. The molecule has 0 aliphatic heterocycles. The van der Waals surface area contributed by atoms with Gasteiger partial charge in [0.05, 0.1) is 11.9 Å². The van der Waals surface area contributed by atoms with Gasteiger partial charge >= 0.3 is 0 Å². The smallest absolute Gasteiger partial charge is 0.235 e. The maximum Gasteiger partial charge on any atom is 0.235 e. The van der Waals surface area contributed by atoms with Crippen LogP contribution >= 0.6 is 12.6 Å². The second kappa shape index (κ2) is 7.99. The monoisotopic (exact) mass is 233 g/mol. The number of methoxy groups -OCH3 is 1. The van der Waals surface area contributed by atoms with Crippen molar-refractivity contribution in [2.75, 3.05) is 20.3 Å². The van der Waals surface area contributed by atoms with E-state index >= 15 is 0 Å². The second-order valence-electron chi connectivity index (χ2n) is 3.67. The highest BCUT2D eigenvalue weighted by Gasteiger charge is 2.23. The molecule has 3 nitrogen and oxygen atoms in total. The predicted molar refractivity (Wildman–Crippen MR) is 66.4 cm³/mol. The molecular weight excluding hydrogens is 210 g/mol. The Balaban J connectivity index is 4.47. The van der Waals surface area contributed by atoms with E-state index in [0.717, 1.165) is 12.8 Å². The summed E-state index contributed by atoms with van der Waals surface area (Å²) in [5, 5.41) is -0.234. The van der Waals surface area contributed by atoms with Crippen LogP contribution in [0.25, 0.3) is 0 Å². The van der Waals surface area contributed by atoms with Crippen LogP contribution in [0.2, 0.25) is 0 Å². The van der Waals surface area contributed by atoms with E-state index in [-0.39, 0.29) is 11.2 Å². The van der Waals surface area contributed by atoms with Gasteiger partial charge in [-0.05, 0) is 19.8 Å². The Kier molecular flexibility index (Phi) is 7.88. The molecule has 0 aromatic carbocycles. The Morgan fingerprint density at radius 2 is 1.93 bits per heavy atom. The predicted octanol–water partition coefficient (Wildman–Crippen LogP) is 1.97. The van der Waals surface area contributed by atoms with E-state index in [2.05, 4.69) is 26.5 Å². The summed E-state index contributed by atoms with van der Waals surface area (Å²) in [4.78, 5) is 13.8. The maximum atomic E-state index is 11.9. The van der Waals surface area contributed by atoms with Crippen molar-refractivity contribution in [1.29, 1.82) is 0 Å². The number of carbonyl (C=O) groups is 1. The zero-order valence-electron chi connectivity index (χ0n) is 10.2. The number of nitrogens with zero attached hydrogens (tertiary/aromatic N) is 1. The fraction of sp³-hybridized carbons (Fsp3) is 0.909. The van der Waals surface area contributed by atoms with Crippen molar-refractivity contribution in [3.05, 3.63) is 0 Å². The molecule has 0 heterocycles. The van der Waals surface area contributed by atoms with Crippen LogP contribution in [-0.2, 0) is 9.53 Å². The van der Waals surface area contributed by atoms with Crippen LogP contribution in [0, 0.1) is 0 Å². The van der Waals surface area contributed by atoms with Gasteiger partial charge in [0, 0.05) is 19.7 Å². The molecule has 0 bridgehead atoms. The largest absolute Gasteiger partial charge is 0.383 e. The minimum absolute atomic E-state index is 0.101. The lowest BCUT2D eigenvalue weighted by Gasteiger charge is -2.31. The first-order valence-corrected chi connectivity index (χ1v) is 6.07. The van der Waals surface area contributed by atoms with Crippen LogP contribution in [-0.4, -0.2) is 42.4 Å². The van der Waals surface area contributed by atoms with Crippen LogP contribution in [0.3, 0.4) is 0 Å². The Morgan fingerprint density at radius 3 is 2.27 bits per heavy atom. The van der Waals surface area contributed by atoms with Crippen LogP contribution in [0.5, 0.6) is 0 Å². The standard InChI is InChI=1S/C11H23NO2S/c1-5-10(6-2)12(7-8-14-4)11(13)9(3)15/h9-10,15H,5-8H2,1-4H3. The molecule has 90 valence electrons. The topological polar surface area (TPSA) is 29.5 Å². The Labute approximate surface area is 98.6 Å². The van der Waals surface area contributed by atoms with E-state index in [1.807, 2.05) is 11.8 Å². The van der Waals surface area contributed by atoms with Gasteiger partial charge in [-0.25, -0.2) is 0 Å². The van der Waals surface area contributed by atoms with E-state index in [1.54, 1.807) is 7.11 Å². The molecule has 0 aromatic heterocycles. The number of ether oxygens (including phenoxy) is 1. The molecule has 0 N–H and O–H groups in total. The van der Waals surface area contributed by atoms with Gasteiger partial charge in [0.1, 0.15) is 0 Å². The van der Waals surface area contributed by atoms with Gasteiger partial charge in [0.25, 0.3) is 0 Å². The van der Waals surface area contributed by atoms with E-state index in [1.165, 1.54) is 0 Å². The van der Waals surface area contributed by atoms with Crippen molar-refractivity contribution >= 4 is 18.5 Å². The normalized spacial score (nSPS) is 12.9. The molecule has 0 radical (unpaired) electrons. The van der Waals surface area contributed by atoms with Crippen molar-refractivity contribution in [3.63, 3.8) is 0 Å². The van der Waals surface area contributed by atoms with Gasteiger partial charge in [-0.2, -0.15) is 12.6 Å². The van der Waals surface area contributed by atoms with Crippen LogP contribution in [0.1, 0.15) is 33.6 Å². The van der Waals surface area contributed by atoms with Crippen LogP contribution in [0.15, 0.2) is 0 Å². The summed E-state index contributed by atoms with van der Waals surface area (Å²) in [5.74, 6) is 0.101. The van der Waals surface area contributed by atoms with Crippen molar-refractivity contribution in [2.24, 2.45) is 0 Å². The summed E-state index contributed by atoms with van der Waals surface area (Å²) in [5.41, 5.74) is 0. The molecule has 1 atom stereocenters. The van der Waals surface area contributed by atoms with Gasteiger partial charge in [-0.15, -0.1) is 0 Å². The fourth-order valence-electron chi connectivity index (χ4n) is 1.63. The molecule has 0 saturated carbocycles. The lowest BCUT2D eigenvalue weighted by Crippen LogP contribution is -2.44. The minimum atomic E-state index is -0.234. The average Bonchev–Trinajstić information content (AvgIpc) is 2.23. The molecule has 0 saturated heterocycles. The summed E-state index contributed by atoms with van der Waals surface area (Å²) in [6.45, 7) is 7.26. The Bertz CT molecular complexity index is 181. The number of hydrogen-bond acceptors (Lipinski definition) is 3. The van der Waals surface area contributed by atoms with Gasteiger partial charge in [0.2, 0.25) is 5.91 Å². The van der Waals surface area contributed by atoms with E-state index in [0.29, 0.717) is 19.2 Å². The first kappa shape index (κ1) is 14.8. The Hall–Kier alpha value is -0.220. The molecule has 1 unspecified atom stereocenters. The zero-order valence-corrected chi connectivity index (χ0v) is 11.1. The van der Waals surface area contributed by atoms with E-state index in [9.17, 15) is 4.79 Å². The van der Waals surface area contributed by atoms with Gasteiger partial charge in [0.15, 0.2) is 0 Å². The first-order chi connectivity index (χ1) is 7.08. The third-order valence-electron chi connectivity index (χ3n) is 2.56. The second-order valence-corrected chi connectivity index (χ2v) is 4.45. The molecule has 0 spiro atoms. The summed E-state index contributed by atoms with van der Waals surface area (Å²) >= 11 is 4.19. The Morgan fingerprint density at radius 1 is 1.40 bits per heavy atom. The zero-order chi connectivity index (χ0) is 11.8. The highest BCUT2D eigenvalue weighted by molar-refractivity contribution is 7.81. The number of rotatable bonds is 7. The van der Waals surface area contributed by atoms with Gasteiger partial charge in [-0.3, -0.25) is 4.79 Å². The van der Waals surface area contributed by atoms with Gasteiger partial charge in [-0.1, -0.05) is 13.8 Å². The average molecular weight is 233 g/mol. The molecule has 4 heteroatoms. The molecule has 0 rings (SSSR count). The lowest BCUT2D eigenvalue weighted by atomic mass is 10.1. The molecule has 0 aliphatic rings. The molecule has 0 aromatic rings. The molecule has 0 aliphatic carbocycles. The van der Waals surface area contributed by atoms with Crippen molar-refractivity contribution in [1.82, 2.24) is 4.90 Å². The molecule has 1 amide bonds. The summed E-state index contributed by atoms with van der Waals surface area (Å²) in [6.07, 6.45) is 1.96. The highest BCUT2D eigenvalue weighted by atomic mass is 32.1. The summed E-state index contributed by atoms with van der Waals surface area (Å²) in [6, 6.07) is 0.308. The third kappa shape index (κ3) is 4.89. The molecule has 15 heavy (non-hydrogen) atoms. The highest BCUT2D eigenvalue weighted by Crippen LogP contribution is 2.12. The molecular formula is C11H23NO2S. The lowest BCUT2D eigenvalue weighted by molar-refractivity contribution is -0.133. The van der Waals surface area contributed by atoms with E-state index < -0.39 is 0 Å². The SMILES string of the molecule is CCC(CC)N(CCOC)C(=O)C(C)S. The summed E-state index contributed by atoms with van der Waals surface area (Å²) < 4.78 is 5.02. The number of hydrogen-bond donors (Lipinski definition) is 1. The minimum Gasteiger partial charge on any atom is -0.383 e. The number of thiol groups is 1. The van der Waals surface area contributed by atoms with Crippen LogP contribution in [0.4, 0.5) is 0 Å². The fourth-order valence-corrected chi connectivity index (χ4v) is 1.78. The summed E-state index contributed by atoms with van der Waals surface area (Å²) in [7, 11) is 1.65. The first-order valence-electron chi connectivity index (χ1n) is 5.55.